The highest BCUT2D eigenvalue weighted by Gasteiger charge is 2.22. The van der Waals surface area contributed by atoms with Gasteiger partial charge in [0, 0.05) is 63.3 Å². The zero-order valence-electron chi connectivity index (χ0n) is 19.8. The number of rotatable bonds is 10. The third-order valence-electron chi connectivity index (χ3n) is 6.68. The second-order valence-electron chi connectivity index (χ2n) is 9.16. The summed E-state index contributed by atoms with van der Waals surface area (Å²) in [5.41, 5.74) is 0.889. The van der Waals surface area contributed by atoms with E-state index in [4.69, 9.17) is 21.1 Å². The van der Waals surface area contributed by atoms with E-state index in [1.165, 1.54) is 0 Å². The van der Waals surface area contributed by atoms with Crippen LogP contribution < -0.4 is 16.0 Å². The Bertz CT molecular complexity index is 920. The first-order valence-electron chi connectivity index (χ1n) is 12.3. The van der Waals surface area contributed by atoms with Crippen molar-refractivity contribution < 1.29 is 13.9 Å². The van der Waals surface area contributed by atoms with Crippen LogP contribution in [-0.4, -0.2) is 62.1 Å². The molecule has 1 aliphatic heterocycles. The molecular formula is C25H35ClFN5O2. The van der Waals surface area contributed by atoms with E-state index in [9.17, 15) is 4.39 Å². The first-order chi connectivity index (χ1) is 16.6. The number of anilines is 2. The van der Waals surface area contributed by atoms with Crippen LogP contribution in [0.4, 0.5) is 16.0 Å². The number of nitrogens with zero attached hydrogens (tertiary/aromatic N) is 2. The fourth-order valence-electron chi connectivity index (χ4n) is 4.65. The highest BCUT2D eigenvalue weighted by Crippen LogP contribution is 2.30. The quantitative estimate of drug-likeness (QED) is 0.414. The second-order valence-corrected chi connectivity index (χ2v) is 9.57. The fraction of sp³-hybridized carbons (Fsp3) is 0.600. The lowest BCUT2D eigenvalue weighted by Crippen LogP contribution is -2.38. The summed E-state index contributed by atoms with van der Waals surface area (Å²) in [4.78, 5) is 9.00. The van der Waals surface area contributed by atoms with Gasteiger partial charge in [-0.05, 0) is 56.6 Å². The molecule has 3 N–H and O–H groups in total. The number of aromatic nitrogens is 2. The Kier molecular flexibility index (Phi) is 9.33. The van der Waals surface area contributed by atoms with Crippen molar-refractivity contribution in [1.82, 2.24) is 15.3 Å². The third-order valence-corrected chi connectivity index (χ3v) is 6.95. The SMILES string of the molecule is COCCNC1CCC(Nc2cc(-c3nc(NCC4CCOCC4)cc(Cl)c3F)ccn2)CC1. The number of hydrogen-bond acceptors (Lipinski definition) is 7. The summed E-state index contributed by atoms with van der Waals surface area (Å²) < 4.78 is 25.5. The molecule has 7 nitrogen and oxygen atoms in total. The molecule has 3 heterocycles. The normalized spacial score (nSPS) is 21.4. The Hall–Kier alpha value is -2.00. The molecule has 0 radical (unpaired) electrons. The molecule has 1 aliphatic carbocycles. The molecule has 186 valence electrons. The van der Waals surface area contributed by atoms with Crippen LogP contribution >= 0.6 is 11.6 Å². The van der Waals surface area contributed by atoms with Gasteiger partial charge in [-0.1, -0.05) is 11.6 Å². The predicted octanol–water partition coefficient (Wildman–Crippen LogP) is 4.73. The molecule has 2 aliphatic rings. The van der Waals surface area contributed by atoms with E-state index in [1.54, 1.807) is 25.4 Å². The lowest BCUT2D eigenvalue weighted by molar-refractivity contribution is 0.0699. The number of halogens is 2. The van der Waals surface area contributed by atoms with E-state index in [0.29, 0.717) is 29.4 Å². The second kappa shape index (κ2) is 12.6. The minimum atomic E-state index is -0.516. The predicted molar refractivity (Wildman–Crippen MR) is 134 cm³/mol. The lowest BCUT2D eigenvalue weighted by Gasteiger charge is -2.30. The van der Waals surface area contributed by atoms with Crippen LogP contribution in [0.25, 0.3) is 11.3 Å². The molecule has 2 fully saturated rings. The van der Waals surface area contributed by atoms with Gasteiger partial charge in [0.05, 0.1) is 11.6 Å². The van der Waals surface area contributed by atoms with Crippen molar-refractivity contribution in [3.8, 4) is 11.3 Å². The van der Waals surface area contributed by atoms with Crippen molar-refractivity contribution in [2.45, 2.75) is 50.6 Å². The molecule has 0 atom stereocenters. The average molecular weight is 492 g/mol. The van der Waals surface area contributed by atoms with Crippen LogP contribution in [0.5, 0.6) is 0 Å². The largest absolute Gasteiger partial charge is 0.383 e. The molecule has 0 unspecified atom stereocenters. The van der Waals surface area contributed by atoms with Crippen LogP contribution in [-0.2, 0) is 9.47 Å². The summed E-state index contributed by atoms with van der Waals surface area (Å²) >= 11 is 6.22. The van der Waals surface area contributed by atoms with Crippen molar-refractivity contribution in [3.63, 3.8) is 0 Å². The number of hydrogen-bond donors (Lipinski definition) is 3. The van der Waals surface area contributed by atoms with E-state index in [1.807, 2.05) is 6.07 Å². The topological polar surface area (TPSA) is 80.3 Å². The maximum absolute atomic E-state index is 14.9. The molecule has 9 heteroatoms. The van der Waals surface area contributed by atoms with Gasteiger partial charge < -0.3 is 25.4 Å². The molecule has 0 amide bonds. The summed E-state index contributed by atoms with van der Waals surface area (Å²) in [7, 11) is 1.72. The summed E-state index contributed by atoms with van der Waals surface area (Å²) in [5.74, 6) is 1.31. The Labute approximate surface area is 206 Å². The highest BCUT2D eigenvalue weighted by molar-refractivity contribution is 6.31. The van der Waals surface area contributed by atoms with Crippen molar-refractivity contribution >= 4 is 23.2 Å². The van der Waals surface area contributed by atoms with Crippen LogP contribution in [0.3, 0.4) is 0 Å². The third kappa shape index (κ3) is 7.01. The molecule has 2 aromatic rings. The average Bonchev–Trinajstić information content (AvgIpc) is 2.87. The Morgan fingerprint density at radius 2 is 1.85 bits per heavy atom. The smallest absolute Gasteiger partial charge is 0.168 e. The van der Waals surface area contributed by atoms with E-state index in [0.717, 1.165) is 77.3 Å². The molecular weight excluding hydrogens is 457 g/mol. The molecule has 34 heavy (non-hydrogen) atoms. The number of nitrogens with one attached hydrogen (secondary N) is 3. The van der Waals surface area contributed by atoms with E-state index in [-0.39, 0.29) is 10.7 Å². The van der Waals surface area contributed by atoms with Gasteiger partial charge in [-0.15, -0.1) is 0 Å². The first kappa shape index (κ1) is 25.1. The standard InChI is InChI=1S/C25H35ClFN5O2/c1-33-13-10-28-19-2-4-20(5-3-19)31-22-14-18(6-9-29-22)25-24(27)21(26)15-23(32-25)30-16-17-7-11-34-12-8-17/h6,9,14-15,17,19-20,28H,2-5,7-8,10-13,16H2,1H3,(H,29,31)(H,30,32). The molecule has 2 aromatic heterocycles. The van der Waals surface area contributed by atoms with Gasteiger partial charge in [-0.3, -0.25) is 0 Å². The van der Waals surface area contributed by atoms with E-state index < -0.39 is 5.82 Å². The minimum Gasteiger partial charge on any atom is -0.383 e. The molecule has 4 rings (SSSR count). The van der Waals surface area contributed by atoms with Crippen molar-refractivity contribution in [1.29, 1.82) is 0 Å². The van der Waals surface area contributed by atoms with Gasteiger partial charge in [0.15, 0.2) is 5.82 Å². The molecule has 0 bridgehead atoms. The monoisotopic (exact) mass is 491 g/mol. The van der Waals surface area contributed by atoms with Crippen molar-refractivity contribution in [2.75, 3.05) is 50.7 Å². The summed E-state index contributed by atoms with van der Waals surface area (Å²) in [6.45, 7) is 3.95. The van der Waals surface area contributed by atoms with Crippen LogP contribution in [0.15, 0.2) is 24.4 Å². The summed E-state index contributed by atoms with van der Waals surface area (Å²) in [6.07, 6.45) is 8.04. The maximum Gasteiger partial charge on any atom is 0.168 e. The van der Waals surface area contributed by atoms with E-state index in [2.05, 4.69) is 25.9 Å². The van der Waals surface area contributed by atoms with Gasteiger partial charge in [0.1, 0.15) is 17.3 Å². The zero-order valence-corrected chi connectivity index (χ0v) is 20.5. The molecule has 1 saturated carbocycles. The highest BCUT2D eigenvalue weighted by atomic mass is 35.5. The van der Waals surface area contributed by atoms with Gasteiger partial charge >= 0.3 is 0 Å². The minimum absolute atomic E-state index is 0.0603. The molecule has 0 spiro atoms. The maximum atomic E-state index is 14.9. The lowest BCUT2D eigenvalue weighted by atomic mass is 9.91. The van der Waals surface area contributed by atoms with Gasteiger partial charge in [-0.2, -0.15) is 0 Å². The van der Waals surface area contributed by atoms with Gasteiger partial charge in [0.2, 0.25) is 0 Å². The Morgan fingerprint density at radius 3 is 2.62 bits per heavy atom. The van der Waals surface area contributed by atoms with Crippen molar-refractivity contribution in [3.05, 3.63) is 35.2 Å². The van der Waals surface area contributed by atoms with Gasteiger partial charge in [0.25, 0.3) is 0 Å². The number of methoxy groups -OCH3 is 1. The number of pyridine rings is 2. The Morgan fingerprint density at radius 1 is 1.09 bits per heavy atom. The zero-order chi connectivity index (χ0) is 23.8. The number of ether oxygens (including phenoxy) is 2. The summed E-state index contributed by atoms with van der Waals surface area (Å²) in [6, 6.07) is 6.05. The van der Waals surface area contributed by atoms with Crippen LogP contribution in [0.2, 0.25) is 5.02 Å². The van der Waals surface area contributed by atoms with E-state index >= 15 is 0 Å². The van der Waals surface area contributed by atoms with Crippen LogP contribution in [0.1, 0.15) is 38.5 Å². The van der Waals surface area contributed by atoms with Gasteiger partial charge in [-0.25, -0.2) is 14.4 Å². The molecule has 0 aromatic carbocycles. The summed E-state index contributed by atoms with van der Waals surface area (Å²) in [5, 5.41) is 10.5. The van der Waals surface area contributed by atoms with Crippen LogP contribution in [0, 0.1) is 11.7 Å². The fourth-order valence-corrected chi connectivity index (χ4v) is 4.85. The first-order valence-corrected chi connectivity index (χ1v) is 12.6. The Balaban J connectivity index is 1.38. The van der Waals surface area contributed by atoms with Crippen molar-refractivity contribution in [2.24, 2.45) is 5.92 Å². The molecule has 1 saturated heterocycles.